The van der Waals surface area contributed by atoms with E-state index in [0.29, 0.717) is 12.8 Å². The first-order valence-electron chi connectivity index (χ1n) is 6.47. The Balaban J connectivity index is 2.27. The van der Waals surface area contributed by atoms with Gasteiger partial charge in [-0.15, -0.1) is 12.3 Å². The Morgan fingerprint density at radius 1 is 1.38 bits per heavy atom. The van der Waals surface area contributed by atoms with Crippen molar-refractivity contribution < 1.29 is 13.2 Å². The summed E-state index contributed by atoms with van der Waals surface area (Å²) in [6.45, 7) is 0. The zero-order valence-corrected chi connectivity index (χ0v) is 12.2. The largest absolute Gasteiger partial charge is 0.368 e. The van der Waals surface area contributed by atoms with Crippen LogP contribution in [0, 0.1) is 12.3 Å². The van der Waals surface area contributed by atoms with Crippen molar-refractivity contribution in [3.8, 4) is 12.3 Å². The summed E-state index contributed by atoms with van der Waals surface area (Å²) < 4.78 is 26.9. The van der Waals surface area contributed by atoms with Gasteiger partial charge >= 0.3 is 0 Å². The monoisotopic (exact) mass is 304 g/mol. The molecule has 0 saturated heterocycles. The smallest absolute Gasteiger partial charge is 0.237 e. The van der Waals surface area contributed by atoms with E-state index in [1.807, 2.05) is 24.3 Å². The van der Waals surface area contributed by atoms with Gasteiger partial charge in [0.1, 0.15) is 6.04 Å². The third-order valence-electron chi connectivity index (χ3n) is 3.32. The van der Waals surface area contributed by atoms with Crippen LogP contribution in [0.15, 0.2) is 29.2 Å². The quantitative estimate of drug-likeness (QED) is 0.787. The van der Waals surface area contributed by atoms with Gasteiger partial charge in [0.05, 0.1) is 4.91 Å². The van der Waals surface area contributed by atoms with Crippen LogP contribution in [0.1, 0.15) is 24.0 Å². The minimum atomic E-state index is -3.78. The normalized spacial score (nSPS) is 15.5. The van der Waals surface area contributed by atoms with Crippen molar-refractivity contribution in [3.63, 3.8) is 0 Å². The summed E-state index contributed by atoms with van der Waals surface area (Å²) in [5.74, 6) is 1.46. The maximum absolute atomic E-state index is 12.3. The molecule has 1 aliphatic carbocycles. The van der Waals surface area contributed by atoms with Crippen LogP contribution in [0.4, 0.5) is 0 Å². The molecule has 110 valence electrons. The van der Waals surface area contributed by atoms with Crippen LogP contribution in [0.2, 0.25) is 0 Å². The van der Waals surface area contributed by atoms with Gasteiger partial charge in [0, 0.05) is 6.42 Å². The highest BCUT2D eigenvalue weighted by Crippen LogP contribution is 2.26. The maximum atomic E-state index is 12.3. The lowest BCUT2D eigenvalue weighted by Gasteiger charge is -2.19. The van der Waals surface area contributed by atoms with Gasteiger partial charge in [0.25, 0.3) is 0 Å². The number of hydrogen-bond donors (Lipinski definition) is 2. The van der Waals surface area contributed by atoms with Gasteiger partial charge in [-0.05, 0) is 30.0 Å². The molecule has 1 aliphatic rings. The van der Waals surface area contributed by atoms with Gasteiger partial charge in [-0.3, -0.25) is 4.79 Å². The van der Waals surface area contributed by atoms with E-state index in [1.54, 1.807) is 6.08 Å². The number of sulfonamides is 1. The zero-order valence-electron chi connectivity index (χ0n) is 11.4. The number of fused-ring (bicyclic) bond motifs is 1. The number of carbonyl (C=O) groups excluding carboxylic acids is 1. The molecule has 1 amide bonds. The Hall–Kier alpha value is -2.10. The van der Waals surface area contributed by atoms with Crippen LogP contribution in [0.5, 0.6) is 0 Å². The lowest BCUT2D eigenvalue weighted by molar-refractivity contribution is -0.119. The third-order valence-corrected chi connectivity index (χ3v) is 4.93. The molecule has 0 bridgehead atoms. The molecule has 0 radical (unpaired) electrons. The standard InChI is InChI=1S/C15H16N2O3S/c1-2-5-14(15(16)18)17-21(19,20)13-9-8-11-6-3-4-7-12(11)10-13/h1,3-4,6-7,10,14,17H,5,8-9H2,(H2,16,18). The van der Waals surface area contributed by atoms with Crippen LogP contribution >= 0.6 is 0 Å². The number of nitrogens with two attached hydrogens (primary N) is 1. The first-order chi connectivity index (χ1) is 9.94. The molecule has 0 aliphatic heterocycles. The molecule has 0 fully saturated rings. The predicted octanol–water partition coefficient (Wildman–Crippen LogP) is 0.770. The molecule has 1 aromatic carbocycles. The highest BCUT2D eigenvalue weighted by molar-refractivity contribution is 7.93. The van der Waals surface area contributed by atoms with Gasteiger partial charge < -0.3 is 5.73 Å². The van der Waals surface area contributed by atoms with Crippen molar-refractivity contribution in [2.75, 3.05) is 0 Å². The second-order valence-electron chi connectivity index (χ2n) is 4.79. The van der Waals surface area contributed by atoms with Crippen LogP contribution in [-0.2, 0) is 21.2 Å². The van der Waals surface area contributed by atoms with E-state index in [2.05, 4.69) is 10.6 Å². The molecule has 6 heteroatoms. The summed E-state index contributed by atoms with van der Waals surface area (Å²) in [4.78, 5) is 11.5. The minimum absolute atomic E-state index is 0.0710. The molecule has 2 rings (SSSR count). The van der Waals surface area contributed by atoms with Gasteiger partial charge in [0.15, 0.2) is 0 Å². The fourth-order valence-electron chi connectivity index (χ4n) is 2.20. The molecular weight excluding hydrogens is 288 g/mol. The molecule has 1 atom stereocenters. The maximum Gasteiger partial charge on any atom is 0.237 e. The minimum Gasteiger partial charge on any atom is -0.368 e. The van der Waals surface area contributed by atoms with Crippen molar-refractivity contribution >= 4 is 22.0 Å². The molecule has 3 N–H and O–H groups in total. The highest BCUT2D eigenvalue weighted by Gasteiger charge is 2.26. The molecule has 21 heavy (non-hydrogen) atoms. The average molecular weight is 304 g/mol. The van der Waals surface area contributed by atoms with Crippen LogP contribution in [0.3, 0.4) is 0 Å². The Morgan fingerprint density at radius 2 is 2.10 bits per heavy atom. The van der Waals surface area contributed by atoms with Gasteiger partial charge in [-0.25, -0.2) is 8.42 Å². The number of amides is 1. The van der Waals surface area contributed by atoms with Crippen LogP contribution < -0.4 is 10.5 Å². The number of rotatable bonds is 5. The summed E-state index contributed by atoms with van der Waals surface area (Å²) in [6.07, 6.45) is 7.69. The van der Waals surface area contributed by atoms with Crippen molar-refractivity contribution in [1.82, 2.24) is 4.72 Å². The zero-order chi connectivity index (χ0) is 15.5. The Bertz CT molecular complexity index is 730. The first-order valence-corrected chi connectivity index (χ1v) is 7.96. The Labute approximate surface area is 124 Å². The highest BCUT2D eigenvalue weighted by atomic mass is 32.2. The van der Waals surface area contributed by atoms with E-state index >= 15 is 0 Å². The van der Waals surface area contributed by atoms with Gasteiger partial charge in [-0.2, -0.15) is 4.72 Å². The number of aryl methyl sites for hydroxylation is 1. The lowest BCUT2D eigenvalue weighted by Crippen LogP contribution is -2.44. The molecule has 0 spiro atoms. The summed E-state index contributed by atoms with van der Waals surface area (Å²) in [5.41, 5.74) is 7.13. The average Bonchev–Trinajstić information content (AvgIpc) is 2.46. The van der Waals surface area contributed by atoms with Crippen molar-refractivity contribution in [2.24, 2.45) is 5.73 Å². The van der Waals surface area contributed by atoms with Gasteiger partial charge in [0.2, 0.25) is 15.9 Å². The molecule has 1 aromatic rings. The summed E-state index contributed by atoms with van der Waals surface area (Å²) in [7, 11) is -3.78. The molecule has 0 heterocycles. The van der Waals surface area contributed by atoms with Gasteiger partial charge in [-0.1, -0.05) is 24.3 Å². The van der Waals surface area contributed by atoms with E-state index in [4.69, 9.17) is 12.2 Å². The van der Waals surface area contributed by atoms with Crippen molar-refractivity contribution in [2.45, 2.75) is 25.3 Å². The number of primary amides is 1. The van der Waals surface area contributed by atoms with E-state index < -0.39 is 22.0 Å². The predicted molar refractivity (Wildman–Crippen MR) is 81.2 cm³/mol. The van der Waals surface area contributed by atoms with E-state index in [-0.39, 0.29) is 11.3 Å². The van der Waals surface area contributed by atoms with Crippen LogP contribution in [0.25, 0.3) is 6.08 Å². The van der Waals surface area contributed by atoms with Crippen molar-refractivity contribution in [1.29, 1.82) is 0 Å². The fraction of sp³-hybridized carbons (Fsp3) is 0.267. The molecule has 0 aromatic heterocycles. The number of carbonyl (C=O) groups is 1. The number of benzene rings is 1. The second kappa shape index (κ2) is 6.12. The molecule has 1 unspecified atom stereocenters. The number of allylic oxidation sites excluding steroid dienone is 1. The third kappa shape index (κ3) is 3.51. The number of terminal acetylenes is 1. The summed E-state index contributed by atoms with van der Waals surface area (Å²) >= 11 is 0. The number of hydrogen-bond acceptors (Lipinski definition) is 3. The second-order valence-corrected chi connectivity index (χ2v) is 6.56. The van der Waals surface area contributed by atoms with E-state index in [0.717, 1.165) is 11.1 Å². The van der Waals surface area contributed by atoms with E-state index in [1.165, 1.54) is 0 Å². The molecular formula is C15H16N2O3S. The lowest BCUT2D eigenvalue weighted by atomic mass is 9.98. The Morgan fingerprint density at radius 3 is 2.76 bits per heavy atom. The number of nitrogens with one attached hydrogen (secondary N) is 1. The molecule has 0 saturated carbocycles. The topological polar surface area (TPSA) is 89.3 Å². The summed E-state index contributed by atoms with van der Waals surface area (Å²) in [5, 5.41) is 0. The van der Waals surface area contributed by atoms with Crippen LogP contribution in [-0.4, -0.2) is 20.4 Å². The SMILES string of the molecule is C#CCC(NS(=O)(=O)C1=Cc2ccccc2CC1)C(N)=O. The fourth-order valence-corrected chi connectivity index (χ4v) is 3.58. The summed E-state index contributed by atoms with van der Waals surface area (Å²) in [6, 6.07) is 6.51. The van der Waals surface area contributed by atoms with E-state index in [9.17, 15) is 13.2 Å². The van der Waals surface area contributed by atoms with Crippen molar-refractivity contribution in [3.05, 3.63) is 40.3 Å². The first kappa shape index (κ1) is 15.3. The Kier molecular flexibility index (Phi) is 4.46. The molecule has 5 nitrogen and oxygen atoms in total.